The number of methoxy groups -OCH3 is 1. The van der Waals surface area contributed by atoms with E-state index in [9.17, 15) is 18.0 Å². The molecule has 0 saturated heterocycles. The number of hydrazine groups is 1. The summed E-state index contributed by atoms with van der Waals surface area (Å²) in [4.78, 5) is 20.2. The first kappa shape index (κ1) is 20.4. The van der Waals surface area contributed by atoms with Gasteiger partial charge in [-0.2, -0.15) is 13.2 Å². The largest absolute Gasteiger partial charge is 0.497 e. The SMILES string of the molecule is C=C(NNC(=O)c1cnc(NC2(c3ccc(OC)cc3)CCC2)nc1)C(F)(F)F. The van der Waals surface area contributed by atoms with Crippen molar-refractivity contribution in [1.29, 1.82) is 0 Å². The molecule has 29 heavy (non-hydrogen) atoms. The predicted molar refractivity (Wildman–Crippen MR) is 100.0 cm³/mol. The van der Waals surface area contributed by atoms with E-state index in [4.69, 9.17) is 4.74 Å². The lowest BCUT2D eigenvalue weighted by Crippen LogP contribution is -2.42. The van der Waals surface area contributed by atoms with Crippen LogP contribution in [0.3, 0.4) is 0 Å². The molecule has 0 radical (unpaired) electrons. The third-order valence-corrected chi connectivity index (χ3v) is 4.78. The maximum atomic E-state index is 12.4. The number of halogens is 3. The van der Waals surface area contributed by atoms with Crippen LogP contribution >= 0.6 is 0 Å². The third-order valence-electron chi connectivity index (χ3n) is 4.78. The molecule has 3 N–H and O–H groups in total. The minimum Gasteiger partial charge on any atom is -0.497 e. The van der Waals surface area contributed by atoms with Crippen LogP contribution in [0, 0.1) is 0 Å². The molecule has 154 valence electrons. The Kier molecular flexibility index (Phi) is 5.62. The summed E-state index contributed by atoms with van der Waals surface area (Å²) in [5.74, 6) is 0.275. The average molecular weight is 407 g/mol. The van der Waals surface area contributed by atoms with Crippen molar-refractivity contribution in [3.8, 4) is 5.75 Å². The zero-order valence-electron chi connectivity index (χ0n) is 15.6. The number of ether oxygens (including phenoxy) is 1. The van der Waals surface area contributed by atoms with E-state index in [2.05, 4.69) is 21.9 Å². The first-order valence-electron chi connectivity index (χ1n) is 8.81. The van der Waals surface area contributed by atoms with Crippen LogP contribution in [-0.2, 0) is 5.54 Å². The van der Waals surface area contributed by atoms with Gasteiger partial charge >= 0.3 is 6.18 Å². The number of nitrogens with zero attached hydrogens (tertiary/aromatic N) is 2. The van der Waals surface area contributed by atoms with Crippen molar-refractivity contribution in [2.24, 2.45) is 0 Å². The fourth-order valence-electron chi connectivity index (χ4n) is 2.93. The lowest BCUT2D eigenvalue weighted by atomic mass is 9.72. The van der Waals surface area contributed by atoms with Crippen molar-refractivity contribution in [3.05, 3.63) is 60.1 Å². The Bertz CT molecular complexity index is 878. The highest BCUT2D eigenvalue weighted by Gasteiger charge is 2.39. The van der Waals surface area contributed by atoms with E-state index < -0.39 is 17.8 Å². The van der Waals surface area contributed by atoms with Crippen LogP contribution in [0.1, 0.15) is 35.2 Å². The normalized spacial score (nSPS) is 15.0. The molecule has 1 aliphatic carbocycles. The second-order valence-electron chi connectivity index (χ2n) is 6.64. The summed E-state index contributed by atoms with van der Waals surface area (Å²) in [6.45, 7) is 2.80. The van der Waals surface area contributed by atoms with Crippen LogP contribution in [0.2, 0.25) is 0 Å². The predicted octanol–water partition coefficient (Wildman–Crippen LogP) is 3.29. The quantitative estimate of drug-likeness (QED) is 0.611. The Morgan fingerprint density at radius 1 is 1.14 bits per heavy atom. The summed E-state index contributed by atoms with van der Waals surface area (Å²) in [5.41, 5.74) is 3.13. The summed E-state index contributed by atoms with van der Waals surface area (Å²) in [6.07, 6.45) is 0.666. The number of hydrogen-bond donors (Lipinski definition) is 3. The maximum absolute atomic E-state index is 12.4. The number of aromatic nitrogens is 2. The summed E-state index contributed by atoms with van der Waals surface area (Å²) in [7, 11) is 1.60. The molecule has 0 spiro atoms. The second kappa shape index (κ2) is 7.98. The highest BCUT2D eigenvalue weighted by atomic mass is 19.4. The van der Waals surface area contributed by atoms with Gasteiger partial charge in [-0.1, -0.05) is 18.7 Å². The summed E-state index contributed by atoms with van der Waals surface area (Å²) < 4.78 is 42.3. The Morgan fingerprint density at radius 2 is 1.76 bits per heavy atom. The third kappa shape index (κ3) is 4.58. The van der Waals surface area contributed by atoms with Crippen molar-refractivity contribution in [1.82, 2.24) is 20.8 Å². The summed E-state index contributed by atoms with van der Waals surface area (Å²) in [6, 6.07) is 7.72. The highest BCUT2D eigenvalue weighted by molar-refractivity contribution is 5.93. The Balaban J connectivity index is 1.65. The van der Waals surface area contributed by atoms with Crippen LogP contribution < -0.4 is 20.9 Å². The summed E-state index contributed by atoms with van der Waals surface area (Å²) >= 11 is 0. The minimum atomic E-state index is -4.66. The number of nitrogens with one attached hydrogen (secondary N) is 3. The Morgan fingerprint density at radius 3 is 2.24 bits per heavy atom. The molecule has 1 aromatic carbocycles. The van der Waals surface area contributed by atoms with E-state index in [1.807, 2.05) is 29.7 Å². The fraction of sp³-hybridized carbons (Fsp3) is 0.316. The van der Waals surface area contributed by atoms with E-state index in [1.54, 1.807) is 12.5 Å². The molecule has 1 saturated carbocycles. The molecule has 1 amide bonds. The van der Waals surface area contributed by atoms with Gasteiger partial charge in [0.05, 0.1) is 18.2 Å². The van der Waals surface area contributed by atoms with Gasteiger partial charge in [-0.25, -0.2) is 9.97 Å². The van der Waals surface area contributed by atoms with Crippen molar-refractivity contribution < 1.29 is 22.7 Å². The van der Waals surface area contributed by atoms with Crippen LogP contribution in [0.5, 0.6) is 5.75 Å². The number of anilines is 1. The van der Waals surface area contributed by atoms with E-state index >= 15 is 0 Å². The average Bonchev–Trinajstić information content (AvgIpc) is 2.68. The smallest absolute Gasteiger partial charge is 0.432 e. The van der Waals surface area contributed by atoms with Crippen LogP contribution in [0.15, 0.2) is 48.9 Å². The first-order chi connectivity index (χ1) is 13.7. The zero-order chi connectivity index (χ0) is 21.1. The molecule has 3 rings (SSSR count). The number of alkyl halides is 3. The zero-order valence-corrected chi connectivity index (χ0v) is 15.6. The van der Waals surface area contributed by atoms with Gasteiger partial charge in [-0.3, -0.25) is 15.6 Å². The number of benzene rings is 1. The van der Waals surface area contributed by atoms with Gasteiger partial charge in [0.25, 0.3) is 5.91 Å². The molecule has 1 aliphatic rings. The molecular formula is C19H20F3N5O2. The molecule has 0 atom stereocenters. The number of allylic oxidation sites excluding steroid dienone is 1. The minimum absolute atomic E-state index is 0.00475. The number of carbonyl (C=O) groups excluding carboxylic acids is 1. The second-order valence-corrected chi connectivity index (χ2v) is 6.64. The number of hydrogen-bond acceptors (Lipinski definition) is 6. The molecule has 1 aromatic heterocycles. The van der Waals surface area contributed by atoms with Gasteiger partial charge in [0.1, 0.15) is 11.4 Å². The van der Waals surface area contributed by atoms with Crippen molar-refractivity contribution in [2.75, 3.05) is 12.4 Å². The molecule has 1 fully saturated rings. The van der Waals surface area contributed by atoms with E-state index in [0.717, 1.165) is 30.6 Å². The van der Waals surface area contributed by atoms with E-state index in [0.29, 0.717) is 5.95 Å². The summed E-state index contributed by atoms with van der Waals surface area (Å²) in [5, 5.41) is 3.31. The van der Waals surface area contributed by atoms with Crippen LogP contribution in [-0.4, -0.2) is 29.2 Å². The van der Waals surface area contributed by atoms with Crippen LogP contribution in [0.4, 0.5) is 19.1 Å². The topological polar surface area (TPSA) is 88.2 Å². The van der Waals surface area contributed by atoms with Gasteiger partial charge in [-0.15, -0.1) is 0 Å². The van der Waals surface area contributed by atoms with E-state index in [1.165, 1.54) is 12.4 Å². The molecule has 0 bridgehead atoms. The Hall–Kier alpha value is -3.30. The number of amides is 1. The molecule has 0 aliphatic heterocycles. The Labute approximate surface area is 165 Å². The standard InChI is InChI=1S/C19H20F3N5O2/c1-12(19(20,21)22)26-27-16(28)13-10-23-17(24-11-13)25-18(8-3-9-18)14-4-6-15(29-2)7-5-14/h4-7,10-11,26H,1,3,8-9H2,2H3,(H,27,28)(H,23,24,25). The fourth-order valence-corrected chi connectivity index (χ4v) is 2.93. The number of rotatable bonds is 7. The van der Waals surface area contributed by atoms with Gasteiger partial charge in [0.2, 0.25) is 5.95 Å². The molecule has 2 aromatic rings. The lowest BCUT2D eigenvalue weighted by Gasteiger charge is -2.43. The molecule has 7 nitrogen and oxygen atoms in total. The molecular weight excluding hydrogens is 387 g/mol. The highest BCUT2D eigenvalue weighted by Crippen LogP contribution is 2.43. The maximum Gasteiger partial charge on any atom is 0.432 e. The number of carbonyl (C=O) groups is 1. The van der Waals surface area contributed by atoms with E-state index in [-0.39, 0.29) is 11.1 Å². The van der Waals surface area contributed by atoms with Crippen molar-refractivity contribution in [3.63, 3.8) is 0 Å². The van der Waals surface area contributed by atoms with Gasteiger partial charge < -0.3 is 10.1 Å². The van der Waals surface area contributed by atoms with Gasteiger partial charge in [0, 0.05) is 12.4 Å². The molecule has 1 heterocycles. The van der Waals surface area contributed by atoms with Crippen LogP contribution in [0.25, 0.3) is 0 Å². The molecule has 0 unspecified atom stereocenters. The monoisotopic (exact) mass is 407 g/mol. The van der Waals surface area contributed by atoms with Crippen molar-refractivity contribution >= 4 is 11.9 Å². The van der Waals surface area contributed by atoms with Gasteiger partial charge in [-0.05, 0) is 37.0 Å². The lowest BCUT2D eigenvalue weighted by molar-refractivity contribution is -0.0972. The van der Waals surface area contributed by atoms with Gasteiger partial charge in [0.15, 0.2) is 0 Å². The molecule has 10 heteroatoms. The first-order valence-corrected chi connectivity index (χ1v) is 8.81. The van der Waals surface area contributed by atoms with Crippen molar-refractivity contribution in [2.45, 2.75) is 31.0 Å².